The summed E-state index contributed by atoms with van der Waals surface area (Å²) >= 11 is 0. The molecule has 1 unspecified atom stereocenters. The Bertz CT molecular complexity index is 344. The predicted octanol–water partition coefficient (Wildman–Crippen LogP) is 1.94. The number of carbonyl (C=O) groups excluding carboxylic acids is 1. The standard InChI is InChI=1S/C17H35N3O3/c1-17(2,3)23-16(21)20(12-13-22-5)11-9-18-14-15-8-6-7-10-19(15)4/h15,18H,6-14H2,1-5H3. The first-order chi connectivity index (χ1) is 10.8. The second-order valence-electron chi connectivity index (χ2n) is 7.29. The minimum atomic E-state index is -0.472. The largest absolute Gasteiger partial charge is 0.444 e. The summed E-state index contributed by atoms with van der Waals surface area (Å²) in [5.41, 5.74) is -0.472. The van der Waals surface area contributed by atoms with E-state index >= 15 is 0 Å². The summed E-state index contributed by atoms with van der Waals surface area (Å²) in [4.78, 5) is 16.4. The van der Waals surface area contributed by atoms with Crippen molar-refractivity contribution in [3.63, 3.8) is 0 Å². The van der Waals surface area contributed by atoms with E-state index in [-0.39, 0.29) is 6.09 Å². The van der Waals surface area contributed by atoms with Gasteiger partial charge in [-0.15, -0.1) is 0 Å². The third-order valence-corrected chi connectivity index (χ3v) is 4.08. The molecule has 1 saturated heterocycles. The zero-order chi connectivity index (χ0) is 17.3. The number of likely N-dealkylation sites (N-methyl/N-ethyl adjacent to an activating group) is 1. The summed E-state index contributed by atoms with van der Waals surface area (Å²) in [7, 11) is 3.83. The topological polar surface area (TPSA) is 54.0 Å². The summed E-state index contributed by atoms with van der Waals surface area (Å²) < 4.78 is 10.5. The molecule has 1 atom stereocenters. The Kier molecular flexibility index (Phi) is 8.87. The van der Waals surface area contributed by atoms with Gasteiger partial charge in [-0.25, -0.2) is 4.79 Å². The number of likely N-dealkylation sites (tertiary alicyclic amines) is 1. The van der Waals surface area contributed by atoms with E-state index < -0.39 is 5.60 Å². The van der Waals surface area contributed by atoms with Crippen molar-refractivity contribution >= 4 is 6.09 Å². The molecule has 0 saturated carbocycles. The lowest BCUT2D eigenvalue weighted by Crippen LogP contribution is -2.46. The fourth-order valence-corrected chi connectivity index (χ4v) is 2.71. The van der Waals surface area contributed by atoms with Gasteiger partial charge in [0.25, 0.3) is 0 Å². The van der Waals surface area contributed by atoms with Crippen LogP contribution in [0.4, 0.5) is 4.79 Å². The minimum Gasteiger partial charge on any atom is -0.444 e. The molecule has 1 aliphatic rings. The van der Waals surface area contributed by atoms with Crippen LogP contribution in [-0.2, 0) is 9.47 Å². The van der Waals surface area contributed by atoms with Crippen molar-refractivity contribution in [1.82, 2.24) is 15.1 Å². The molecule has 1 fully saturated rings. The van der Waals surface area contributed by atoms with E-state index in [1.807, 2.05) is 20.8 Å². The van der Waals surface area contributed by atoms with Crippen molar-refractivity contribution in [1.29, 1.82) is 0 Å². The van der Waals surface area contributed by atoms with Gasteiger partial charge in [0.1, 0.15) is 5.60 Å². The van der Waals surface area contributed by atoms with Crippen LogP contribution in [0.1, 0.15) is 40.0 Å². The molecule has 1 N–H and O–H groups in total. The van der Waals surface area contributed by atoms with Crippen molar-refractivity contribution in [2.75, 3.05) is 53.5 Å². The first kappa shape index (κ1) is 20.2. The van der Waals surface area contributed by atoms with Gasteiger partial charge in [0.2, 0.25) is 0 Å². The molecule has 1 aliphatic heterocycles. The molecule has 0 aromatic heterocycles. The smallest absolute Gasteiger partial charge is 0.410 e. The van der Waals surface area contributed by atoms with Gasteiger partial charge in [-0.3, -0.25) is 0 Å². The lowest BCUT2D eigenvalue weighted by molar-refractivity contribution is 0.0203. The molecule has 0 aliphatic carbocycles. The number of amides is 1. The van der Waals surface area contributed by atoms with E-state index in [9.17, 15) is 4.79 Å². The first-order valence-electron chi connectivity index (χ1n) is 8.71. The molecule has 136 valence electrons. The van der Waals surface area contributed by atoms with E-state index in [1.165, 1.54) is 25.8 Å². The number of rotatable bonds is 8. The number of hydrogen-bond donors (Lipinski definition) is 1. The van der Waals surface area contributed by atoms with Crippen molar-refractivity contribution < 1.29 is 14.3 Å². The van der Waals surface area contributed by atoms with Crippen LogP contribution in [0.3, 0.4) is 0 Å². The molecule has 0 spiro atoms. The van der Waals surface area contributed by atoms with Crippen LogP contribution in [0.5, 0.6) is 0 Å². The molecule has 0 bridgehead atoms. The summed E-state index contributed by atoms with van der Waals surface area (Å²) in [5, 5.41) is 3.48. The SMILES string of the molecule is COCCN(CCNCC1CCCCN1C)C(=O)OC(C)(C)C. The van der Waals surface area contributed by atoms with Crippen LogP contribution in [0.2, 0.25) is 0 Å². The van der Waals surface area contributed by atoms with Crippen LogP contribution in [0.15, 0.2) is 0 Å². The van der Waals surface area contributed by atoms with Gasteiger partial charge in [-0.1, -0.05) is 6.42 Å². The normalized spacial score (nSPS) is 19.6. The molecule has 1 amide bonds. The monoisotopic (exact) mass is 329 g/mol. The van der Waals surface area contributed by atoms with Crippen LogP contribution in [0.25, 0.3) is 0 Å². The van der Waals surface area contributed by atoms with Crippen molar-refractivity contribution in [3.05, 3.63) is 0 Å². The summed E-state index contributed by atoms with van der Waals surface area (Å²) in [5.74, 6) is 0. The molecule has 0 aromatic rings. The van der Waals surface area contributed by atoms with Gasteiger partial charge in [0.05, 0.1) is 6.61 Å². The van der Waals surface area contributed by atoms with Gasteiger partial charge in [-0.2, -0.15) is 0 Å². The van der Waals surface area contributed by atoms with Crippen LogP contribution >= 0.6 is 0 Å². The maximum atomic E-state index is 12.2. The van der Waals surface area contributed by atoms with Crippen molar-refractivity contribution in [2.24, 2.45) is 0 Å². The van der Waals surface area contributed by atoms with E-state index in [0.717, 1.165) is 13.1 Å². The minimum absolute atomic E-state index is 0.272. The highest BCUT2D eigenvalue weighted by Crippen LogP contribution is 2.14. The zero-order valence-electron chi connectivity index (χ0n) is 15.6. The third-order valence-electron chi connectivity index (χ3n) is 4.08. The van der Waals surface area contributed by atoms with E-state index in [2.05, 4.69) is 17.3 Å². The highest BCUT2D eigenvalue weighted by atomic mass is 16.6. The number of piperidine rings is 1. The molecular formula is C17H35N3O3. The molecule has 0 radical (unpaired) electrons. The van der Waals surface area contributed by atoms with E-state index in [4.69, 9.17) is 9.47 Å². The number of ether oxygens (including phenoxy) is 2. The Labute approximate surface area is 141 Å². The number of carbonyl (C=O) groups is 1. The van der Waals surface area contributed by atoms with Gasteiger partial charge in [-0.05, 0) is 47.2 Å². The Morgan fingerprint density at radius 3 is 2.65 bits per heavy atom. The van der Waals surface area contributed by atoms with Crippen LogP contribution in [-0.4, -0.2) is 81.0 Å². The average Bonchev–Trinajstić information content (AvgIpc) is 2.46. The predicted molar refractivity (Wildman–Crippen MR) is 92.8 cm³/mol. The molecule has 1 rings (SSSR count). The first-order valence-corrected chi connectivity index (χ1v) is 8.71. The summed E-state index contributed by atoms with van der Waals surface area (Å²) in [6, 6.07) is 0.609. The van der Waals surface area contributed by atoms with Crippen molar-refractivity contribution in [3.8, 4) is 0 Å². The van der Waals surface area contributed by atoms with Crippen molar-refractivity contribution in [2.45, 2.75) is 51.7 Å². The van der Waals surface area contributed by atoms with Gasteiger partial charge in [0, 0.05) is 39.3 Å². The summed E-state index contributed by atoms with van der Waals surface area (Å²) in [6.07, 6.45) is 3.60. The molecule has 1 heterocycles. The second-order valence-corrected chi connectivity index (χ2v) is 7.29. The Morgan fingerprint density at radius 1 is 1.30 bits per heavy atom. The maximum absolute atomic E-state index is 12.2. The van der Waals surface area contributed by atoms with Crippen LogP contribution in [0, 0.1) is 0 Å². The lowest BCUT2D eigenvalue weighted by atomic mass is 10.0. The van der Waals surface area contributed by atoms with Gasteiger partial charge < -0.3 is 24.6 Å². The molecule has 23 heavy (non-hydrogen) atoms. The quantitative estimate of drug-likeness (QED) is 0.690. The zero-order valence-corrected chi connectivity index (χ0v) is 15.6. The fraction of sp³-hybridized carbons (Fsp3) is 0.941. The molecule has 0 aromatic carbocycles. The third kappa shape index (κ3) is 8.53. The number of hydrogen-bond acceptors (Lipinski definition) is 5. The van der Waals surface area contributed by atoms with E-state index in [0.29, 0.717) is 25.7 Å². The van der Waals surface area contributed by atoms with Gasteiger partial charge in [0.15, 0.2) is 0 Å². The molecule has 6 heteroatoms. The lowest BCUT2D eigenvalue weighted by Gasteiger charge is -2.33. The summed E-state index contributed by atoms with van der Waals surface area (Å²) in [6.45, 7) is 10.3. The second kappa shape index (κ2) is 10.1. The number of methoxy groups -OCH3 is 1. The average molecular weight is 329 g/mol. The Hall–Kier alpha value is -0.850. The van der Waals surface area contributed by atoms with Gasteiger partial charge >= 0.3 is 6.09 Å². The highest BCUT2D eigenvalue weighted by molar-refractivity contribution is 5.68. The van der Waals surface area contributed by atoms with E-state index in [1.54, 1.807) is 12.0 Å². The highest BCUT2D eigenvalue weighted by Gasteiger charge is 2.22. The molecular weight excluding hydrogens is 294 g/mol. The Balaban J connectivity index is 2.33. The number of nitrogens with zero attached hydrogens (tertiary/aromatic N) is 2. The maximum Gasteiger partial charge on any atom is 0.410 e. The number of nitrogens with one attached hydrogen (secondary N) is 1. The van der Waals surface area contributed by atoms with Crippen LogP contribution < -0.4 is 5.32 Å². The molecule has 6 nitrogen and oxygen atoms in total. The fourth-order valence-electron chi connectivity index (χ4n) is 2.71. The Morgan fingerprint density at radius 2 is 2.04 bits per heavy atom.